The second-order valence-electron chi connectivity index (χ2n) is 33.7. The number of ether oxygens (including phenoxy) is 2. The zero-order valence-electron chi connectivity index (χ0n) is 76.7. The van der Waals surface area contributed by atoms with E-state index in [0.717, 1.165) is 49.0 Å². The Morgan fingerprint density at radius 1 is 0.611 bits per heavy atom. The van der Waals surface area contributed by atoms with Gasteiger partial charge < -0.3 is 105 Å². The Morgan fingerprint density at radius 3 is 1.57 bits per heavy atom. The van der Waals surface area contributed by atoms with Crippen LogP contribution in [0.2, 0.25) is 0 Å². The van der Waals surface area contributed by atoms with Crippen molar-refractivity contribution in [1.29, 1.82) is 0 Å². The summed E-state index contributed by atoms with van der Waals surface area (Å²) >= 11 is 0. The number of aryl methyl sites for hydroxylation is 1. The molecule has 0 saturated carbocycles. The van der Waals surface area contributed by atoms with E-state index in [1.165, 1.54) is 141 Å². The number of aliphatic hydroxyl groups is 1. The summed E-state index contributed by atoms with van der Waals surface area (Å²) in [5.41, 5.74) is 6.11. The average Bonchev–Trinajstić information content (AvgIpc) is 1.58. The van der Waals surface area contributed by atoms with Gasteiger partial charge in [-0.3, -0.25) is 86.4 Å². The van der Waals surface area contributed by atoms with Crippen molar-refractivity contribution in [3.63, 3.8) is 0 Å². The zero-order valence-corrected chi connectivity index (χ0v) is 76.7. The van der Waals surface area contributed by atoms with Crippen molar-refractivity contribution in [3.05, 3.63) is 103 Å². The van der Waals surface area contributed by atoms with Gasteiger partial charge in [0.05, 0.1) is 101 Å². The number of alkyl carbamates (subject to hydrolysis) is 1. The van der Waals surface area contributed by atoms with Gasteiger partial charge in [-0.2, -0.15) is 0 Å². The van der Waals surface area contributed by atoms with Crippen LogP contribution in [0.15, 0.2) is 47.3 Å². The van der Waals surface area contributed by atoms with Crippen LogP contribution < -0.4 is 37.9 Å². The highest BCUT2D eigenvalue weighted by Gasteiger charge is 2.47. The van der Waals surface area contributed by atoms with Crippen molar-refractivity contribution in [2.24, 2.45) is 11.7 Å². The van der Waals surface area contributed by atoms with E-state index in [4.69, 9.17) is 20.2 Å². The minimum absolute atomic E-state index is 0.0120. The minimum Gasteiger partial charge on any atom is -0.458 e. The molecule has 0 fully saturated rings. The number of hydrogen-bond acceptors (Lipinski definition) is 24. The van der Waals surface area contributed by atoms with Gasteiger partial charge in [0.2, 0.25) is 82.7 Å². The van der Waals surface area contributed by atoms with Gasteiger partial charge in [0.15, 0.2) is 5.60 Å². The monoisotopic (exact) mass is 1830 g/mol. The molecule has 131 heavy (non-hydrogen) atoms. The van der Waals surface area contributed by atoms with Crippen LogP contribution >= 0.6 is 0 Å². The summed E-state index contributed by atoms with van der Waals surface area (Å²) in [5, 5.41) is 25.9. The maximum Gasteiger partial charge on any atom is 0.407 e. The second kappa shape index (κ2) is 44.9. The molecular weight excluding hydrogens is 1710 g/mol. The van der Waals surface area contributed by atoms with Gasteiger partial charge in [0, 0.05) is 151 Å². The van der Waals surface area contributed by atoms with E-state index in [9.17, 15) is 101 Å². The molecule has 5 heterocycles. The number of imide groups is 1. The number of aromatic nitrogens is 2. The maximum atomic E-state index is 15.9. The van der Waals surface area contributed by atoms with E-state index < -0.39 is 220 Å². The molecule has 4 aromatic rings. The summed E-state index contributed by atoms with van der Waals surface area (Å²) in [5.74, 6) is -11.9. The summed E-state index contributed by atoms with van der Waals surface area (Å²) in [6.45, 7) is 1.71. The molecular formula is C87H117FN20O23. The topological polar surface area (TPSA) is 523 Å². The molecule has 2 aromatic carbocycles. The number of cyclic esters (lactones) is 1. The molecule has 44 heteroatoms. The fraction of sp³-hybridized carbons (Fsp3) is 0.529. The number of unbranched alkanes of at least 4 members (excludes halogenated alkanes) is 2. The number of halogens is 1. The van der Waals surface area contributed by atoms with Crippen LogP contribution in [0.1, 0.15) is 130 Å². The molecule has 0 spiro atoms. The lowest BCUT2D eigenvalue weighted by Gasteiger charge is -2.31. The fourth-order valence-corrected chi connectivity index (χ4v) is 14.9. The lowest BCUT2D eigenvalue weighted by Crippen LogP contribution is -2.54. The quantitative estimate of drug-likeness (QED) is 0.0133. The summed E-state index contributed by atoms with van der Waals surface area (Å²) in [6.07, 6.45) is 3.03. The zero-order chi connectivity index (χ0) is 97.2. The Balaban J connectivity index is 0.912. The summed E-state index contributed by atoms with van der Waals surface area (Å²) in [6, 6.07) is 3.03. The molecule has 19 amide bonds. The van der Waals surface area contributed by atoms with E-state index in [0.29, 0.717) is 46.9 Å². The first kappa shape index (κ1) is 103. The molecule has 8 rings (SSSR count). The number of nitrogens with zero attached hydrogens (tertiary/aromatic N) is 14. The Bertz CT molecular complexity index is 5270. The predicted octanol–water partition coefficient (Wildman–Crippen LogP) is -1.50. The molecule has 0 unspecified atom stereocenters. The summed E-state index contributed by atoms with van der Waals surface area (Å²) in [7, 11) is 14.5. The highest BCUT2D eigenvalue weighted by atomic mass is 19.1. The molecule has 0 saturated heterocycles. The number of nitrogens with two attached hydrogens (primary N) is 1. The van der Waals surface area contributed by atoms with Gasteiger partial charge in [-0.1, -0.05) is 33.3 Å². The summed E-state index contributed by atoms with van der Waals surface area (Å²) in [4.78, 5) is 282. The number of carbonyl (C=O) groups excluding carboxylic acids is 19. The molecule has 43 nitrogen and oxygen atoms in total. The number of amides is 19. The minimum atomic E-state index is -2.15. The molecule has 3 aliphatic heterocycles. The van der Waals surface area contributed by atoms with Crippen LogP contribution in [-0.2, 0) is 129 Å². The molecule has 0 radical (unpaired) electrons. The van der Waals surface area contributed by atoms with Crippen molar-refractivity contribution in [1.82, 2.24) is 89.6 Å². The second-order valence-corrected chi connectivity index (χ2v) is 33.7. The predicted molar refractivity (Wildman–Crippen MR) is 467 cm³/mol. The molecule has 8 N–H and O–H groups in total. The highest BCUT2D eigenvalue weighted by molar-refractivity contribution is 6.13. The molecule has 710 valence electrons. The molecule has 2 aromatic heterocycles. The van der Waals surface area contributed by atoms with Crippen molar-refractivity contribution in [2.45, 2.75) is 142 Å². The molecule has 4 aliphatic rings. The Kier molecular flexibility index (Phi) is 35.2. The number of primary amides is 1. The number of fused-ring (bicyclic) bond motifs is 5. The summed E-state index contributed by atoms with van der Waals surface area (Å²) < 4.78 is 28.6. The normalized spacial score (nSPS) is 14.8. The molecule has 1 aliphatic carbocycles. The van der Waals surface area contributed by atoms with Crippen LogP contribution in [0.4, 0.5) is 19.7 Å². The number of pyridine rings is 2. The van der Waals surface area contributed by atoms with Crippen LogP contribution in [0, 0.1) is 18.7 Å². The number of carbonyl (C=O) groups is 19. The van der Waals surface area contributed by atoms with E-state index in [1.807, 2.05) is 0 Å². The third-order valence-corrected chi connectivity index (χ3v) is 23.5. The SMILES string of the molecule is CC[C@@]1(O)C(=O)OCc2c1cc1n(c2=O)Cc2c-1nc1cc(F)c(C)c3c1c2[C@@H](NC(=O)OCc1ccc(NC(=O)[C@H](CCCNC(N)=O)NC(=O)[C@@H](NC(=O)CCCCCN2C(=O)C=CC2=O)C(C)C)cc1CN(C)C(=O)CN(C)C(=O)CN(C)C(=O)CN(C)C(=O)CN(C)C(=O)CN(C)C(=O)CN(C)C(=O)CN(C)C(=O)CN(C)C(=O)CN(C)C(=O)CN(C)C(C)=O)CC3. The average molecular weight is 1830 g/mol. The number of hydrogen-bond donors (Lipinski definition) is 7. The largest absolute Gasteiger partial charge is 0.458 e. The number of esters is 1. The van der Waals surface area contributed by atoms with Crippen LogP contribution in [0.3, 0.4) is 0 Å². The molecule has 4 atom stereocenters. The van der Waals surface area contributed by atoms with Crippen molar-refractivity contribution >= 4 is 129 Å². The van der Waals surface area contributed by atoms with Gasteiger partial charge >= 0.3 is 18.1 Å². The molecule has 0 bridgehead atoms. The first-order valence-electron chi connectivity index (χ1n) is 42.5. The lowest BCUT2D eigenvalue weighted by atomic mass is 9.81. The van der Waals surface area contributed by atoms with Gasteiger partial charge in [-0.25, -0.2) is 23.8 Å². The van der Waals surface area contributed by atoms with Crippen LogP contribution in [0.25, 0.3) is 22.3 Å². The van der Waals surface area contributed by atoms with E-state index >= 15 is 4.39 Å². The number of nitrogens with one attached hydrogen (secondary N) is 5. The third kappa shape index (κ3) is 26.0. The van der Waals surface area contributed by atoms with Gasteiger partial charge in [0.1, 0.15) is 31.1 Å². The van der Waals surface area contributed by atoms with E-state index in [1.54, 1.807) is 27.7 Å². The van der Waals surface area contributed by atoms with Gasteiger partial charge in [-0.15, -0.1) is 0 Å². The van der Waals surface area contributed by atoms with E-state index in [-0.39, 0.29) is 122 Å². The Hall–Kier alpha value is -13.8. The van der Waals surface area contributed by atoms with Crippen molar-refractivity contribution in [2.75, 3.05) is 161 Å². The first-order chi connectivity index (χ1) is 61.5. The highest BCUT2D eigenvalue weighted by Crippen LogP contribution is 2.46. The smallest absolute Gasteiger partial charge is 0.407 e. The Labute approximate surface area is 755 Å². The maximum absolute atomic E-state index is 15.9. The van der Waals surface area contributed by atoms with Gasteiger partial charge in [-0.05, 0) is 104 Å². The van der Waals surface area contributed by atoms with E-state index in [2.05, 4.69) is 26.6 Å². The van der Waals surface area contributed by atoms with Crippen molar-refractivity contribution in [3.8, 4) is 11.4 Å². The number of anilines is 1. The number of benzene rings is 2. The van der Waals surface area contributed by atoms with Crippen LogP contribution in [0.5, 0.6) is 0 Å². The number of likely N-dealkylation sites (N-methyl/N-ethyl adjacent to an activating group) is 11. The van der Waals surface area contributed by atoms with Crippen molar-refractivity contribution < 1.29 is 110 Å². The van der Waals surface area contributed by atoms with Crippen LogP contribution in [-0.4, -0.2) is 354 Å². The Morgan fingerprint density at radius 2 is 1.10 bits per heavy atom. The fourth-order valence-electron chi connectivity index (χ4n) is 14.9. The number of rotatable bonds is 42. The standard InChI is InChI=1S/C87H117FN20O23/c1-17-87(129)58-33-63-80-56(36-108(63)83(125)57(58)48-130-84(87)126)78-60(27-26-55-50(4)59(88)34-62(92-80)77(55)78)94-86(128)131-47-52-24-25-54(91-81(123)61(22-21-30-90-85(89)127)93-82(124)79(49(2)3)95-64(110)23-19-18-20-31-107-65(111)28-29-66(107)112)32-53(52)35-97(7)68(114)38-99(9)70(116)40-101(11)72(118)42-103(13)74(120)44-105(15)76(122)46-106(16)75(121)45-104(14)73(119)43-102(12)71(117)41-100(10)69(115)39-98(8)67(113)37-96(6)51(5)109/h24-25,28-29,32-34,49,60-61,79,129H,17-23,26-27,30-31,35-48H2,1-16H3,(H,91,123)(H,93,124)(H,94,128)(H,95,110)(H3,89,90,127)/t60-,61-,79-,87-/m0/s1. The number of urea groups is 1. The lowest BCUT2D eigenvalue weighted by molar-refractivity contribution is -0.172. The first-order valence-corrected chi connectivity index (χ1v) is 42.5. The van der Waals surface area contributed by atoms with Gasteiger partial charge in [0.25, 0.3) is 17.4 Å². The third-order valence-electron chi connectivity index (χ3n) is 23.5.